The van der Waals surface area contributed by atoms with E-state index >= 15 is 0 Å². The van der Waals surface area contributed by atoms with E-state index in [4.69, 9.17) is 18.9 Å². The Labute approximate surface area is 245 Å². The lowest BCUT2D eigenvalue weighted by atomic mass is 9.72. The van der Waals surface area contributed by atoms with Gasteiger partial charge in [-0.1, -0.05) is 13.3 Å². The summed E-state index contributed by atoms with van der Waals surface area (Å²) in [6, 6.07) is 8.97. The van der Waals surface area contributed by atoms with Crippen LogP contribution in [0.5, 0.6) is 23.0 Å². The molecule has 0 unspecified atom stereocenters. The molecule has 1 saturated heterocycles. The normalized spacial score (nSPS) is 23.8. The summed E-state index contributed by atoms with van der Waals surface area (Å²) in [6.45, 7) is 9.17. The largest absolute Gasteiger partial charge is 0.493 e. The first-order valence-electron chi connectivity index (χ1n) is 15.1. The van der Waals surface area contributed by atoms with Crippen molar-refractivity contribution in [2.45, 2.75) is 71.0 Å². The molecule has 41 heavy (non-hydrogen) atoms. The highest BCUT2D eigenvalue weighted by atomic mass is 16.5. The third kappa shape index (κ3) is 5.68. The number of piperidine rings is 1. The highest BCUT2D eigenvalue weighted by molar-refractivity contribution is 5.75. The molecule has 0 aliphatic carbocycles. The van der Waals surface area contributed by atoms with Crippen molar-refractivity contribution in [3.05, 3.63) is 46.5 Å². The van der Waals surface area contributed by atoms with Gasteiger partial charge in [-0.3, -0.25) is 4.90 Å². The number of carbonyl (C=O) groups is 1. The van der Waals surface area contributed by atoms with Crippen molar-refractivity contribution >= 4 is 6.03 Å². The SMILES string of the molecule is CC[C@H]1CN2CCc3cc(OC)c(OC)cc3[C@@H]2C[C@H]1C[C@@H]1c2cc(OC)c(OC)cc2CCN1C(=O)NC(C)C. The minimum absolute atomic E-state index is 0.00997. The molecule has 0 bridgehead atoms. The van der Waals surface area contributed by atoms with Crippen LogP contribution in [0, 0.1) is 11.8 Å². The van der Waals surface area contributed by atoms with Crippen molar-refractivity contribution in [3.8, 4) is 23.0 Å². The van der Waals surface area contributed by atoms with Crippen LogP contribution < -0.4 is 24.3 Å². The van der Waals surface area contributed by atoms with E-state index in [9.17, 15) is 4.79 Å². The van der Waals surface area contributed by atoms with Gasteiger partial charge < -0.3 is 29.2 Å². The minimum Gasteiger partial charge on any atom is -0.493 e. The molecule has 0 spiro atoms. The second-order valence-electron chi connectivity index (χ2n) is 12.0. The van der Waals surface area contributed by atoms with E-state index in [1.165, 1.54) is 22.3 Å². The molecule has 2 amide bonds. The molecule has 8 nitrogen and oxygen atoms in total. The molecule has 3 heterocycles. The third-order valence-electron chi connectivity index (χ3n) is 9.50. The maximum absolute atomic E-state index is 13.5. The lowest BCUT2D eigenvalue weighted by Gasteiger charge is -2.49. The van der Waals surface area contributed by atoms with Crippen molar-refractivity contribution < 1.29 is 23.7 Å². The van der Waals surface area contributed by atoms with Crippen LogP contribution in [0.15, 0.2) is 24.3 Å². The topological polar surface area (TPSA) is 72.5 Å². The zero-order valence-corrected chi connectivity index (χ0v) is 25.8. The van der Waals surface area contributed by atoms with Crippen LogP contribution in [0.3, 0.4) is 0 Å². The fraction of sp³-hybridized carbons (Fsp3) is 0.606. The average Bonchev–Trinajstić information content (AvgIpc) is 2.98. The van der Waals surface area contributed by atoms with Gasteiger partial charge in [-0.05, 0) is 97.9 Å². The molecule has 3 aliphatic heterocycles. The van der Waals surface area contributed by atoms with Crippen LogP contribution in [0.25, 0.3) is 0 Å². The summed E-state index contributed by atoms with van der Waals surface area (Å²) in [7, 11) is 6.77. The first-order valence-corrected chi connectivity index (χ1v) is 15.1. The van der Waals surface area contributed by atoms with Gasteiger partial charge in [-0.15, -0.1) is 0 Å². The number of methoxy groups -OCH3 is 4. The standard InChI is InChI=1S/C33H47N3O5/c1-8-21-19-35-11-9-22-15-29(38-4)31(40-6)17-25(22)27(35)13-24(21)14-28-26-18-32(41-7)30(39-5)16-23(26)10-12-36(28)33(37)34-20(2)3/h15-18,20-21,24,27-28H,8-14,19H2,1-7H3,(H,34,37)/t21-,24-,27-,28+/m0/s1. The number of benzene rings is 2. The average molecular weight is 566 g/mol. The molecular formula is C33H47N3O5. The van der Waals surface area contributed by atoms with Gasteiger partial charge in [-0.25, -0.2) is 4.79 Å². The smallest absolute Gasteiger partial charge is 0.318 e. The van der Waals surface area contributed by atoms with Crippen molar-refractivity contribution in [2.75, 3.05) is 48.1 Å². The molecule has 0 saturated carbocycles. The van der Waals surface area contributed by atoms with Gasteiger partial charge in [0.1, 0.15) is 0 Å². The van der Waals surface area contributed by atoms with Crippen molar-refractivity contribution in [2.24, 2.45) is 11.8 Å². The second kappa shape index (κ2) is 12.4. The number of amides is 2. The highest BCUT2D eigenvalue weighted by Crippen LogP contribution is 2.49. The van der Waals surface area contributed by atoms with Crippen molar-refractivity contribution in [1.29, 1.82) is 0 Å². The number of hydrogen-bond acceptors (Lipinski definition) is 6. The van der Waals surface area contributed by atoms with Crippen molar-refractivity contribution in [3.63, 3.8) is 0 Å². The second-order valence-corrected chi connectivity index (χ2v) is 12.0. The summed E-state index contributed by atoms with van der Waals surface area (Å²) >= 11 is 0. The number of fused-ring (bicyclic) bond motifs is 4. The number of ether oxygens (including phenoxy) is 4. The molecule has 224 valence electrons. The summed E-state index contributed by atoms with van der Waals surface area (Å²) < 4.78 is 22.7. The van der Waals surface area contributed by atoms with Crippen molar-refractivity contribution in [1.82, 2.24) is 15.1 Å². The van der Waals surface area contributed by atoms with E-state index in [1.54, 1.807) is 28.4 Å². The maximum atomic E-state index is 13.5. The van der Waals surface area contributed by atoms with E-state index in [0.29, 0.717) is 30.2 Å². The highest BCUT2D eigenvalue weighted by Gasteiger charge is 2.42. The summed E-state index contributed by atoms with van der Waals surface area (Å²) in [6.07, 6.45) is 4.91. The molecule has 5 rings (SSSR count). The Kier molecular flexibility index (Phi) is 8.88. The quantitative estimate of drug-likeness (QED) is 0.438. The predicted molar refractivity (Wildman–Crippen MR) is 160 cm³/mol. The van der Waals surface area contributed by atoms with Crippen LogP contribution in [-0.2, 0) is 12.8 Å². The van der Waals surface area contributed by atoms with Gasteiger partial charge in [0.25, 0.3) is 0 Å². The zero-order valence-electron chi connectivity index (χ0n) is 25.8. The Balaban J connectivity index is 1.51. The fourth-order valence-corrected chi connectivity index (χ4v) is 7.40. The monoisotopic (exact) mass is 565 g/mol. The Hall–Kier alpha value is -3.13. The molecule has 8 heteroatoms. The lowest BCUT2D eigenvalue weighted by molar-refractivity contribution is 0.0350. The van der Waals surface area contributed by atoms with E-state index in [0.717, 1.165) is 62.4 Å². The zero-order chi connectivity index (χ0) is 29.3. The van der Waals surface area contributed by atoms with Crippen LogP contribution in [0.4, 0.5) is 4.79 Å². The maximum Gasteiger partial charge on any atom is 0.318 e. The first-order chi connectivity index (χ1) is 19.8. The number of rotatable bonds is 8. The number of urea groups is 1. The van der Waals surface area contributed by atoms with E-state index in [-0.39, 0.29) is 18.1 Å². The summed E-state index contributed by atoms with van der Waals surface area (Å²) in [5, 5.41) is 3.17. The Morgan fingerprint density at radius 1 is 0.854 bits per heavy atom. The van der Waals surface area contributed by atoms with Gasteiger partial charge in [0.15, 0.2) is 23.0 Å². The van der Waals surface area contributed by atoms with Crippen LogP contribution in [0.2, 0.25) is 0 Å². The van der Waals surface area contributed by atoms with Crippen LogP contribution >= 0.6 is 0 Å². The van der Waals surface area contributed by atoms with Gasteiger partial charge >= 0.3 is 6.03 Å². The molecule has 2 aromatic carbocycles. The summed E-state index contributed by atoms with van der Waals surface area (Å²) in [5.41, 5.74) is 5.14. The van der Waals surface area contributed by atoms with Gasteiger partial charge in [0.05, 0.1) is 34.5 Å². The Morgan fingerprint density at radius 3 is 2.00 bits per heavy atom. The van der Waals surface area contributed by atoms with Gasteiger partial charge in [0.2, 0.25) is 0 Å². The molecule has 0 aromatic heterocycles. The van der Waals surface area contributed by atoms with Gasteiger partial charge in [-0.2, -0.15) is 0 Å². The number of hydrogen-bond donors (Lipinski definition) is 1. The minimum atomic E-state index is -0.0311. The Bertz CT molecular complexity index is 1250. The molecule has 1 N–H and O–H groups in total. The molecule has 0 radical (unpaired) electrons. The Morgan fingerprint density at radius 2 is 1.41 bits per heavy atom. The third-order valence-corrected chi connectivity index (χ3v) is 9.50. The molecule has 3 aliphatic rings. The van der Waals surface area contributed by atoms with Gasteiger partial charge in [0, 0.05) is 31.7 Å². The van der Waals surface area contributed by atoms with E-state index < -0.39 is 0 Å². The first kappa shape index (κ1) is 29.4. The molecular weight excluding hydrogens is 518 g/mol. The molecule has 1 fully saturated rings. The summed E-state index contributed by atoms with van der Waals surface area (Å²) in [4.78, 5) is 18.3. The number of nitrogens with zero attached hydrogens (tertiary/aromatic N) is 2. The van der Waals surface area contributed by atoms with Crippen LogP contribution in [0.1, 0.15) is 74.4 Å². The number of carbonyl (C=O) groups excluding carboxylic acids is 1. The van der Waals surface area contributed by atoms with E-state index in [1.807, 2.05) is 13.8 Å². The predicted octanol–water partition coefficient (Wildman–Crippen LogP) is 5.77. The lowest BCUT2D eigenvalue weighted by Crippen LogP contribution is -2.50. The summed E-state index contributed by atoms with van der Waals surface area (Å²) in [5.74, 6) is 4.07. The van der Waals surface area contributed by atoms with E-state index in [2.05, 4.69) is 46.3 Å². The number of nitrogens with one attached hydrogen (secondary N) is 1. The fourth-order valence-electron chi connectivity index (χ4n) is 7.40. The molecule has 4 atom stereocenters. The van der Waals surface area contributed by atoms with Crippen LogP contribution in [-0.4, -0.2) is 69.9 Å². The molecule has 2 aromatic rings.